The predicted octanol–water partition coefficient (Wildman–Crippen LogP) is 1.97. The van der Waals surface area contributed by atoms with Gasteiger partial charge in [-0.05, 0) is 53.5 Å². The fourth-order valence-electron chi connectivity index (χ4n) is 2.64. The SMILES string of the molecule is C[C@@H](N)c1ccc(N2CCCN(CCO)CC2)c(Br)c1. The van der Waals surface area contributed by atoms with Crippen molar-refractivity contribution in [2.75, 3.05) is 44.2 Å². The van der Waals surface area contributed by atoms with Crippen LogP contribution in [0.25, 0.3) is 0 Å². The molecule has 1 fully saturated rings. The van der Waals surface area contributed by atoms with Crippen molar-refractivity contribution in [1.29, 1.82) is 0 Å². The van der Waals surface area contributed by atoms with Gasteiger partial charge in [0.2, 0.25) is 0 Å². The fourth-order valence-corrected chi connectivity index (χ4v) is 3.29. The van der Waals surface area contributed by atoms with E-state index >= 15 is 0 Å². The summed E-state index contributed by atoms with van der Waals surface area (Å²) in [4.78, 5) is 4.73. The number of nitrogens with zero attached hydrogens (tertiary/aromatic N) is 2. The quantitative estimate of drug-likeness (QED) is 0.879. The molecule has 112 valence electrons. The molecule has 1 aliphatic rings. The van der Waals surface area contributed by atoms with Crippen LogP contribution in [-0.2, 0) is 0 Å². The Morgan fingerprint density at radius 1 is 1.30 bits per heavy atom. The molecule has 2 rings (SSSR count). The maximum absolute atomic E-state index is 9.05. The van der Waals surface area contributed by atoms with E-state index in [1.165, 1.54) is 5.69 Å². The second-order valence-corrected chi connectivity index (χ2v) is 6.26. The third-order valence-corrected chi connectivity index (χ3v) is 4.48. The Labute approximate surface area is 129 Å². The Kier molecular flexibility index (Phi) is 5.84. The lowest BCUT2D eigenvalue weighted by Gasteiger charge is -2.25. The Morgan fingerprint density at radius 3 is 2.75 bits per heavy atom. The average molecular weight is 342 g/mol. The zero-order chi connectivity index (χ0) is 14.5. The highest BCUT2D eigenvalue weighted by atomic mass is 79.9. The highest BCUT2D eigenvalue weighted by Crippen LogP contribution is 2.29. The highest BCUT2D eigenvalue weighted by molar-refractivity contribution is 9.10. The molecule has 5 heteroatoms. The number of rotatable bonds is 4. The number of aliphatic hydroxyl groups excluding tert-OH is 1. The summed E-state index contributed by atoms with van der Waals surface area (Å²) in [7, 11) is 0. The van der Waals surface area contributed by atoms with Crippen molar-refractivity contribution in [3.05, 3.63) is 28.2 Å². The smallest absolute Gasteiger partial charge is 0.0558 e. The van der Waals surface area contributed by atoms with Gasteiger partial charge < -0.3 is 15.7 Å². The molecule has 1 aliphatic heterocycles. The summed E-state index contributed by atoms with van der Waals surface area (Å²) in [6, 6.07) is 6.45. The maximum Gasteiger partial charge on any atom is 0.0558 e. The van der Waals surface area contributed by atoms with Crippen LogP contribution in [0.3, 0.4) is 0 Å². The van der Waals surface area contributed by atoms with E-state index < -0.39 is 0 Å². The van der Waals surface area contributed by atoms with Gasteiger partial charge >= 0.3 is 0 Å². The van der Waals surface area contributed by atoms with E-state index in [-0.39, 0.29) is 12.6 Å². The van der Waals surface area contributed by atoms with Crippen LogP contribution in [0, 0.1) is 0 Å². The summed E-state index contributed by atoms with van der Waals surface area (Å²) in [6.45, 7) is 7.13. The molecule has 0 aromatic heterocycles. The van der Waals surface area contributed by atoms with Crippen LogP contribution < -0.4 is 10.6 Å². The van der Waals surface area contributed by atoms with E-state index in [4.69, 9.17) is 10.8 Å². The van der Waals surface area contributed by atoms with E-state index in [0.29, 0.717) is 0 Å². The topological polar surface area (TPSA) is 52.7 Å². The minimum atomic E-state index is 0.0597. The molecule has 0 bridgehead atoms. The van der Waals surface area contributed by atoms with Gasteiger partial charge in [0.15, 0.2) is 0 Å². The van der Waals surface area contributed by atoms with Crippen molar-refractivity contribution in [2.45, 2.75) is 19.4 Å². The fraction of sp³-hybridized carbons (Fsp3) is 0.600. The highest BCUT2D eigenvalue weighted by Gasteiger charge is 2.17. The molecule has 0 saturated carbocycles. The number of nitrogens with two attached hydrogens (primary N) is 1. The van der Waals surface area contributed by atoms with E-state index in [9.17, 15) is 0 Å². The van der Waals surface area contributed by atoms with Crippen LogP contribution in [0.4, 0.5) is 5.69 Å². The molecule has 20 heavy (non-hydrogen) atoms. The number of β-amino-alcohol motifs (C(OH)–C–C–N with tert-alkyl or cyclic N) is 1. The van der Waals surface area contributed by atoms with Crippen LogP contribution in [0.15, 0.2) is 22.7 Å². The number of hydrogen-bond donors (Lipinski definition) is 2. The van der Waals surface area contributed by atoms with Gasteiger partial charge in [0.05, 0.1) is 12.3 Å². The number of hydrogen-bond acceptors (Lipinski definition) is 4. The first-order valence-electron chi connectivity index (χ1n) is 7.25. The lowest BCUT2D eigenvalue weighted by Crippen LogP contribution is -2.32. The van der Waals surface area contributed by atoms with Crippen molar-refractivity contribution in [3.63, 3.8) is 0 Å². The summed E-state index contributed by atoms with van der Waals surface area (Å²) >= 11 is 3.67. The Morgan fingerprint density at radius 2 is 2.10 bits per heavy atom. The Bertz CT molecular complexity index is 439. The van der Waals surface area contributed by atoms with Crippen LogP contribution in [0.5, 0.6) is 0 Å². The second kappa shape index (κ2) is 7.41. The average Bonchev–Trinajstić information content (AvgIpc) is 2.65. The third kappa shape index (κ3) is 3.95. The molecule has 1 aromatic rings. The first-order valence-corrected chi connectivity index (χ1v) is 8.04. The van der Waals surface area contributed by atoms with Crippen LogP contribution in [-0.4, -0.2) is 49.3 Å². The number of benzene rings is 1. The molecule has 0 radical (unpaired) electrons. The van der Waals surface area contributed by atoms with E-state index in [1.807, 2.05) is 6.92 Å². The third-order valence-electron chi connectivity index (χ3n) is 3.84. The van der Waals surface area contributed by atoms with E-state index in [1.54, 1.807) is 0 Å². The van der Waals surface area contributed by atoms with E-state index in [2.05, 4.69) is 43.9 Å². The summed E-state index contributed by atoms with van der Waals surface area (Å²) in [5.41, 5.74) is 8.31. The number of halogens is 1. The van der Waals surface area contributed by atoms with Gasteiger partial charge in [0, 0.05) is 36.7 Å². The lowest BCUT2D eigenvalue weighted by atomic mass is 10.1. The van der Waals surface area contributed by atoms with Gasteiger partial charge in [0.1, 0.15) is 0 Å². The van der Waals surface area contributed by atoms with Crippen molar-refractivity contribution >= 4 is 21.6 Å². The van der Waals surface area contributed by atoms with Crippen LogP contribution in [0.1, 0.15) is 24.9 Å². The van der Waals surface area contributed by atoms with Crippen molar-refractivity contribution in [3.8, 4) is 0 Å². The van der Waals surface area contributed by atoms with Gasteiger partial charge in [0.25, 0.3) is 0 Å². The van der Waals surface area contributed by atoms with Gasteiger partial charge in [-0.2, -0.15) is 0 Å². The number of aliphatic hydroxyl groups is 1. The Hall–Kier alpha value is -0.620. The van der Waals surface area contributed by atoms with Crippen molar-refractivity contribution < 1.29 is 5.11 Å². The largest absolute Gasteiger partial charge is 0.395 e. The summed E-state index contributed by atoms with van der Waals surface area (Å²) in [6.07, 6.45) is 1.13. The Balaban J connectivity index is 2.07. The zero-order valence-corrected chi connectivity index (χ0v) is 13.6. The predicted molar refractivity (Wildman–Crippen MR) is 87.1 cm³/mol. The standard InChI is InChI=1S/C15H24BrN3O/c1-12(17)13-3-4-15(14(16)11-13)19-6-2-5-18(7-8-19)9-10-20/h3-4,11-12,20H,2,5-10,17H2,1H3/t12-/m1/s1. The minimum absolute atomic E-state index is 0.0597. The molecule has 1 heterocycles. The number of anilines is 1. The minimum Gasteiger partial charge on any atom is -0.395 e. The molecule has 1 aromatic carbocycles. The maximum atomic E-state index is 9.05. The van der Waals surface area contributed by atoms with Crippen molar-refractivity contribution in [1.82, 2.24) is 4.90 Å². The molecule has 0 spiro atoms. The van der Waals surface area contributed by atoms with Gasteiger partial charge in [-0.25, -0.2) is 0 Å². The van der Waals surface area contributed by atoms with Gasteiger partial charge in [-0.15, -0.1) is 0 Å². The molecule has 0 amide bonds. The molecular formula is C15H24BrN3O. The van der Waals surface area contributed by atoms with Crippen LogP contribution >= 0.6 is 15.9 Å². The van der Waals surface area contributed by atoms with E-state index in [0.717, 1.165) is 49.2 Å². The monoisotopic (exact) mass is 341 g/mol. The normalized spacial score (nSPS) is 18.9. The summed E-state index contributed by atoms with van der Waals surface area (Å²) in [5.74, 6) is 0. The molecular weight excluding hydrogens is 318 g/mol. The van der Waals surface area contributed by atoms with Crippen molar-refractivity contribution in [2.24, 2.45) is 5.73 Å². The molecule has 4 nitrogen and oxygen atoms in total. The molecule has 0 unspecified atom stereocenters. The first kappa shape index (κ1) is 15.8. The first-order chi connectivity index (χ1) is 9.61. The van der Waals surface area contributed by atoms with Gasteiger partial charge in [-0.1, -0.05) is 6.07 Å². The molecule has 0 aliphatic carbocycles. The summed E-state index contributed by atoms with van der Waals surface area (Å²) < 4.78 is 1.11. The van der Waals surface area contributed by atoms with Crippen LogP contribution in [0.2, 0.25) is 0 Å². The second-order valence-electron chi connectivity index (χ2n) is 5.41. The molecule has 3 N–H and O–H groups in total. The molecule has 1 atom stereocenters. The summed E-state index contributed by atoms with van der Waals surface area (Å²) in [5, 5.41) is 9.05. The zero-order valence-electron chi connectivity index (χ0n) is 12.1. The van der Waals surface area contributed by atoms with Gasteiger partial charge in [-0.3, -0.25) is 4.90 Å². The lowest BCUT2D eigenvalue weighted by molar-refractivity contribution is 0.204. The molecule has 1 saturated heterocycles.